The lowest BCUT2D eigenvalue weighted by Gasteiger charge is -2.23. The molecule has 0 spiro atoms. The summed E-state index contributed by atoms with van der Waals surface area (Å²) in [5.41, 5.74) is 1.99. The first-order chi connectivity index (χ1) is 12.3. The minimum atomic E-state index is -0.206. The number of nitrogens with zero attached hydrogens (tertiary/aromatic N) is 6. The molecule has 3 aromatic rings. The quantitative estimate of drug-likeness (QED) is 0.734. The van der Waals surface area contributed by atoms with E-state index in [-0.39, 0.29) is 5.82 Å². The van der Waals surface area contributed by atoms with Crippen molar-refractivity contribution in [1.29, 1.82) is 0 Å². The molecule has 1 fully saturated rings. The van der Waals surface area contributed by atoms with E-state index in [1.54, 1.807) is 4.68 Å². The molecule has 0 atom stereocenters. The summed E-state index contributed by atoms with van der Waals surface area (Å²) < 4.78 is 14.9. The largest absolute Gasteiger partial charge is 0.370 e. The molecule has 1 aromatic heterocycles. The van der Waals surface area contributed by atoms with Gasteiger partial charge in [0.05, 0.1) is 5.69 Å². The van der Waals surface area contributed by atoms with E-state index in [4.69, 9.17) is 0 Å². The van der Waals surface area contributed by atoms with Crippen molar-refractivity contribution < 1.29 is 4.39 Å². The van der Waals surface area contributed by atoms with Gasteiger partial charge in [0.15, 0.2) is 0 Å². The van der Waals surface area contributed by atoms with E-state index < -0.39 is 0 Å². The van der Waals surface area contributed by atoms with Crippen LogP contribution in [0.2, 0.25) is 0 Å². The highest BCUT2D eigenvalue weighted by atomic mass is 19.1. The standard InChI is InChI=1S/C18H19FN6/c19-15-7-9-16(10-8-15)23-11-4-12-24(14-13-23)18-20-21-22-25(18)17-5-2-1-3-6-17/h1-3,5-10H,4,11-14H2. The molecule has 0 amide bonds. The van der Waals surface area contributed by atoms with E-state index in [1.807, 2.05) is 42.5 Å². The lowest BCUT2D eigenvalue weighted by Crippen LogP contribution is -2.32. The van der Waals surface area contributed by atoms with Crippen LogP contribution in [0, 0.1) is 5.82 Å². The van der Waals surface area contributed by atoms with Crippen LogP contribution >= 0.6 is 0 Å². The average Bonchev–Trinajstić information content (AvgIpc) is 3.01. The van der Waals surface area contributed by atoms with Crippen molar-refractivity contribution in [1.82, 2.24) is 20.2 Å². The van der Waals surface area contributed by atoms with E-state index in [2.05, 4.69) is 25.3 Å². The zero-order valence-corrected chi connectivity index (χ0v) is 13.8. The lowest BCUT2D eigenvalue weighted by atomic mass is 10.2. The fourth-order valence-electron chi connectivity index (χ4n) is 3.14. The molecule has 0 saturated carbocycles. The minimum Gasteiger partial charge on any atom is -0.370 e. The van der Waals surface area contributed by atoms with Crippen molar-refractivity contribution >= 4 is 11.6 Å². The molecule has 0 aliphatic carbocycles. The lowest BCUT2D eigenvalue weighted by molar-refractivity contribution is 0.627. The van der Waals surface area contributed by atoms with E-state index in [1.165, 1.54) is 12.1 Å². The zero-order chi connectivity index (χ0) is 17.1. The van der Waals surface area contributed by atoms with Gasteiger partial charge in [0, 0.05) is 31.9 Å². The molecule has 4 rings (SSSR count). The van der Waals surface area contributed by atoms with E-state index in [0.717, 1.165) is 49.9 Å². The molecule has 0 radical (unpaired) electrons. The van der Waals surface area contributed by atoms with Crippen LogP contribution in [0.3, 0.4) is 0 Å². The molecule has 1 saturated heterocycles. The number of hydrogen-bond acceptors (Lipinski definition) is 5. The van der Waals surface area contributed by atoms with Gasteiger partial charge in [0.25, 0.3) is 0 Å². The summed E-state index contributed by atoms with van der Waals surface area (Å²) in [6.07, 6.45) is 0.985. The average molecular weight is 338 g/mol. The number of hydrogen-bond donors (Lipinski definition) is 0. The van der Waals surface area contributed by atoms with Gasteiger partial charge >= 0.3 is 0 Å². The van der Waals surface area contributed by atoms with Crippen molar-refractivity contribution in [3.8, 4) is 5.69 Å². The van der Waals surface area contributed by atoms with Gasteiger partial charge in [-0.3, -0.25) is 0 Å². The minimum absolute atomic E-state index is 0.206. The maximum absolute atomic E-state index is 13.1. The molecule has 128 valence electrons. The van der Waals surface area contributed by atoms with Crippen molar-refractivity contribution in [3.63, 3.8) is 0 Å². The van der Waals surface area contributed by atoms with Crippen molar-refractivity contribution in [2.75, 3.05) is 36.0 Å². The molecule has 2 heterocycles. The predicted molar refractivity (Wildman–Crippen MR) is 94.6 cm³/mol. The third-order valence-electron chi connectivity index (χ3n) is 4.42. The Bertz CT molecular complexity index is 817. The van der Waals surface area contributed by atoms with Gasteiger partial charge in [-0.25, -0.2) is 4.39 Å². The summed E-state index contributed by atoms with van der Waals surface area (Å²) in [5.74, 6) is 0.550. The van der Waals surface area contributed by atoms with Crippen LogP contribution in [-0.2, 0) is 0 Å². The van der Waals surface area contributed by atoms with Gasteiger partial charge in [0.2, 0.25) is 5.95 Å². The number of anilines is 2. The third kappa shape index (κ3) is 3.31. The molecule has 1 aliphatic rings. The Morgan fingerprint density at radius 2 is 1.48 bits per heavy atom. The summed E-state index contributed by atoms with van der Waals surface area (Å²) in [6, 6.07) is 16.6. The van der Waals surface area contributed by atoms with Gasteiger partial charge in [-0.05, 0) is 53.2 Å². The zero-order valence-electron chi connectivity index (χ0n) is 13.8. The molecule has 7 heteroatoms. The number of para-hydroxylation sites is 1. The molecular formula is C18H19FN6. The van der Waals surface area contributed by atoms with Crippen molar-refractivity contribution in [2.45, 2.75) is 6.42 Å². The molecule has 6 nitrogen and oxygen atoms in total. The van der Waals surface area contributed by atoms with Gasteiger partial charge in [-0.2, -0.15) is 4.68 Å². The fourth-order valence-corrected chi connectivity index (χ4v) is 3.14. The number of tetrazole rings is 1. The first-order valence-electron chi connectivity index (χ1n) is 8.40. The highest BCUT2D eigenvalue weighted by Crippen LogP contribution is 2.20. The Kier molecular flexibility index (Phi) is 4.28. The van der Waals surface area contributed by atoms with E-state index >= 15 is 0 Å². The predicted octanol–water partition coefficient (Wildman–Crippen LogP) is 2.52. The topological polar surface area (TPSA) is 50.1 Å². The van der Waals surface area contributed by atoms with Crippen LogP contribution in [0.1, 0.15) is 6.42 Å². The second-order valence-electron chi connectivity index (χ2n) is 6.03. The highest BCUT2D eigenvalue weighted by Gasteiger charge is 2.20. The summed E-state index contributed by atoms with van der Waals surface area (Å²) in [7, 11) is 0. The first kappa shape index (κ1) is 15.6. The maximum Gasteiger partial charge on any atom is 0.250 e. The Morgan fingerprint density at radius 1 is 0.760 bits per heavy atom. The summed E-state index contributed by atoms with van der Waals surface area (Å²) in [5, 5.41) is 12.2. The summed E-state index contributed by atoms with van der Waals surface area (Å²) in [4.78, 5) is 4.48. The normalized spacial score (nSPS) is 15.2. The van der Waals surface area contributed by atoms with Gasteiger partial charge in [-0.1, -0.05) is 23.3 Å². The molecule has 0 bridgehead atoms. The number of aromatic nitrogens is 4. The second-order valence-corrected chi connectivity index (χ2v) is 6.03. The van der Waals surface area contributed by atoms with Crippen LogP contribution < -0.4 is 9.80 Å². The third-order valence-corrected chi connectivity index (χ3v) is 4.42. The van der Waals surface area contributed by atoms with E-state index in [9.17, 15) is 4.39 Å². The summed E-state index contributed by atoms with van der Waals surface area (Å²) in [6.45, 7) is 3.46. The van der Waals surface area contributed by atoms with Gasteiger partial charge < -0.3 is 9.80 Å². The summed E-state index contributed by atoms with van der Waals surface area (Å²) >= 11 is 0. The van der Waals surface area contributed by atoms with Crippen LogP contribution in [-0.4, -0.2) is 46.4 Å². The van der Waals surface area contributed by atoms with E-state index in [0.29, 0.717) is 0 Å². The molecule has 25 heavy (non-hydrogen) atoms. The fraction of sp³-hybridized carbons (Fsp3) is 0.278. The van der Waals surface area contributed by atoms with Crippen LogP contribution in [0.4, 0.5) is 16.0 Å². The van der Waals surface area contributed by atoms with Crippen molar-refractivity contribution in [3.05, 3.63) is 60.4 Å². The van der Waals surface area contributed by atoms with Gasteiger partial charge in [-0.15, -0.1) is 0 Å². The number of benzene rings is 2. The molecule has 0 N–H and O–H groups in total. The second kappa shape index (κ2) is 6.88. The monoisotopic (exact) mass is 338 g/mol. The molecule has 0 unspecified atom stereocenters. The number of halogens is 1. The van der Waals surface area contributed by atoms with Crippen LogP contribution in [0.15, 0.2) is 54.6 Å². The Labute approximate surface area is 145 Å². The van der Waals surface area contributed by atoms with Crippen molar-refractivity contribution in [2.24, 2.45) is 0 Å². The SMILES string of the molecule is Fc1ccc(N2CCCN(c3nnnn3-c3ccccc3)CC2)cc1. The highest BCUT2D eigenvalue weighted by molar-refractivity contribution is 5.48. The Balaban J connectivity index is 1.52. The Morgan fingerprint density at radius 3 is 2.28 bits per heavy atom. The van der Waals surface area contributed by atoms with Crippen LogP contribution in [0.5, 0.6) is 0 Å². The van der Waals surface area contributed by atoms with Crippen LogP contribution in [0.25, 0.3) is 5.69 Å². The smallest absolute Gasteiger partial charge is 0.250 e. The maximum atomic E-state index is 13.1. The molecule has 1 aliphatic heterocycles. The van der Waals surface area contributed by atoms with Gasteiger partial charge in [0.1, 0.15) is 5.82 Å². The Hall–Kier alpha value is -2.96. The first-order valence-corrected chi connectivity index (χ1v) is 8.40. The number of rotatable bonds is 3. The molecule has 2 aromatic carbocycles. The molecular weight excluding hydrogens is 319 g/mol.